The Morgan fingerprint density at radius 3 is 2.35 bits per heavy atom. The Morgan fingerprint density at radius 1 is 0.850 bits per heavy atom. The average molecular weight is 325 g/mol. The van der Waals surface area contributed by atoms with Gasteiger partial charge in [-0.15, -0.1) is 0 Å². The van der Waals surface area contributed by atoms with Crippen LogP contribution in [-0.4, -0.2) is 0 Å². The van der Waals surface area contributed by atoms with Gasteiger partial charge in [-0.2, -0.15) is 0 Å². The van der Waals surface area contributed by atoms with E-state index >= 15 is 0 Å². The van der Waals surface area contributed by atoms with Crippen molar-refractivity contribution in [2.45, 2.75) is 12.8 Å². The Bertz CT molecular complexity index is 653. The van der Waals surface area contributed by atoms with Gasteiger partial charge in [0.15, 0.2) is 0 Å². The molecule has 1 aliphatic rings. The van der Waals surface area contributed by atoms with Crippen molar-refractivity contribution in [2.75, 3.05) is 0 Å². The lowest BCUT2D eigenvalue weighted by molar-refractivity contribution is 0.633. The van der Waals surface area contributed by atoms with Crippen molar-refractivity contribution in [1.29, 1.82) is 0 Å². The van der Waals surface area contributed by atoms with Crippen LogP contribution in [-0.2, 0) is 0 Å². The molecule has 1 aliphatic carbocycles. The van der Waals surface area contributed by atoms with E-state index in [1.807, 2.05) is 0 Å². The third-order valence-corrected chi connectivity index (χ3v) is 4.60. The molecule has 0 amide bonds. The van der Waals surface area contributed by atoms with Crippen LogP contribution < -0.4 is 0 Å². The summed E-state index contributed by atoms with van der Waals surface area (Å²) in [6, 6.07) is 17.2. The van der Waals surface area contributed by atoms with Crippen LogP contribution in [0.3, 0.4) is 0 Å². The molecule has 2 atom stereocenters. The highest BCUT2D eigenvalue weighted by molar-refractivity contribution is 9.10. The Morgan fingerprint density at radius 2 is 1.60 bits per heavy atom. The van der Waals surface area contributed by atoms with Gasteiger partial charge in [0.2, 0.25) is 0 Å². The second-order valence-corrected chi connectivity index (χ2v) is 6.11. The number of hydrogen-bond acceptors (Lipinski definition) is 0. The van der Waals surface area contributed by atoms with Crippen molar-refractivity contribution in [3.05, 3.63) is 82.9 Å². The van der Waals surface area contributed by atoms with Gasteiger partial charge in [0.25, 0.3) is 0 Å². The maximum Gasteiger partial charge on any atom is 0.0213 e. The first-order valence-electron chi connectivity index (χ1n) is 6.95. The molecule has 0 saturated carbocycles. The molecule has 2 aromatic carbocycles. The first-order valence-corrected chi connectivity index (χ1v) is 7.75. The van der Waals surface area contributed by atoms with Crippen LogP contribution in [0.2, 0.25) is 0 Å². The van der Waals surface area contributed by atoms with Crippen LogP contribution in [0.5, 0.6) is 0 Å². The molecule has 0 fully saturated rings. The molecule has 0 saturated heterocycles. The number of rotatable bonds is 2. The molecule has 0 N–H and O–H groups in total. The minimum atomic E-state index is 0.443. The molecule has 0 spiro atoms. The van der Waals surface area contributed by atoms with Gasteiger partial charge in [-0.05, 0) is 34.7 Å². The topological polar surface area (TPSA) is 0 Å². The van der Waals surface area contributed by atoms with Gasteiger partial charge in [-0.1, -0.05) is 83.6 Å². The lowest BCUT2D eigenvalue weighted by atomic mass is 9.83. The van der Waals surface area contributed by atoms with E-state index in [9.17, 15) is 0 Å². The first-order chi connectivity index (χ1) is 9.75. The molecule has 0 nitrogen and oxygen atoms in total. The maximum absolute atomic E-state index is 3.71. The molecule has 2 aromatic rings. The van der Waals surface area contributed by atoms with Crippen LogP contribution in [0.25, 0.3) is 11.1 Å². The van der Waals surface area contributed by atoms with E-state index in [0.717, 1.165) is 0 Å². The highest BCUT2D eigenvalue weighted by Gasteiger charge is 2.19. The molecule has 2 unspecified atom stereocenters. The van der Waals surface area contributed by atoms with E-state index in [2.05, 4.69) is 95.7 Å². The van der Waals surface area contributed by atoms with E-state index in [0.29, 0.717) is 11.8 Å². The molecule has 0 aromatic heterocycles. The molecule has 0 heterocycles. The highest BCUT2D eigenvalue weighted by Crippen LogP contribution is 2.36. The van der Waals surface area contributed by atoms with Crippen molar-refractivity contribution in [3.8, 4) is 11.1 Å². The summed E-state index contributed by atoms with van der Waals surface area (Å²) in [5, 5.41) is 0. The summed E-state index contributed by atoms with van der Waals surface area (Å²) in [6.45, 7) is 2.27. The molecule has 3 rings (SSSR count). The molecule has 0 aliphatic heterocycles. The third kappa shape index (κ3) is 2.64. The van der Waals surface area contributed by atoms with Crippen molar-refractivity contribution in [1.82, 2.24) is 0 Å². The summed E-state index contributed by atoms with van der Waals surface area (Å²) >= 11 is 3.71. The lowest BCUT2D eigenvalue weighted by Gasteiger charge is -2.22. The predicted molar refractivity (Wildman–Crippen MR) is 89.8 cm³/mol. The minimum Gasteiger partial charge on any atom is -0.0808 e. The van der Waals surface area contributed by atoms with Gasteiger partial charge < -0.3 is 0 Å². The third-order valence-electron chi connectivity index (χ3n) is 3.87. The number of allylic oxidation sites excluding steroid dienone is 4. The summed E-state index contributed by atoms with van der Waals surface area (Å²) in [5.74, 6) is 0.973. The van der Waals surface area contributed by atoms with E-state index in [4.69, 9.17) is 0 Å². The monoisotopic (exact) mass is 324 g/mol. The van der Waals surface area contributed by atoms with E-state index in [-0.39, 0.29) is 0 Å². The summed E-state index contributed by atoms with van der Waals surface area (Å²) in [6.07, 6.45) is 8.84. The predicted octanol–water partition coefficient (Wildman–Crippen LogP) is 5.96. The fraction of sp³-hybridized carbons (Fsp3) is 0.158. The van der Waals surface area contributed by atoms with Crippen molar-refractivity contribution < 1.29 is 0 Å². The fourth-order valence-corrected chi connectivity index (χ4v) is 3.23. The SMILES string of the molecule is CC1C=CC=CC1c1cc(-c2ccccc2)ccc1Br. The van der Waals surface area contributed by atoms with Gasteiger partial charge in [0.05, 0.1) is 0 Å². The van der Waals surface area contributed by atoms with Crippen molar-refractivity contribution >= 4 is 15.9 Å². The average Bonchev–Trinajstić information content (AvgIpc) is 2.49. The van der Waals surface area contributed by atoms with Crippen LogP contribution in [0, 0.1) is 5.92 Å². The largest absolute Gasteiger partial charge is 0.0808 e. The van der Waals surface area contributed by atoms with Gasteiger partial charge in [0, 0.05) is 10.4 Å². The van der Waals surface area contributed by atoms with Crippen LogP contribution in [0.4, 0.5) is 0 Å². The normalized spacial score (nSPS) is 21.1. The molecule has 0 bridgehead atoms. The molecule has 1 heteroatoms. The molecule has 0 radical (unpaired) electrons. The number of benzene rings is 2. The Hall–Kier alpha value is -1.60. The summed E-state index contributed by atoms with van der Waals surface area (Å²) < 4.78 is 1.19. The van der Waals surface area contributed by atoms with E-state index in [1.165, 1.54) is 21.2 Å². The van der Waals surface area contributed by atoms with E-state index < -0.39 is 0 Å². The second kappa shape index (κ2) is 5.80. The zero-order valence-corrected chi connectivity index (χ0v) is 13.0. The summed E-state index contributed by atoms with van der Waals surface area (Å²) in [4.78, 5) is 0. The second-order valence-electron chi connectivity index (χ2n) is 5.26. The summed E-state index contributed by atoms with van der Waals surface area (Å²) in [7, 11) is 0. The van der Waals surface area contributed by atoms with Crippen molar-refractivity contribution in [3.63, 3.8) is 0 Å². The van der Waals surface area contributed by atoms with E-state index in [1.54, 1.807) is 0 Å². The first kappa shape index (κ1) is 13.4. The lowest BCUT2D eigenvalue weighted by Crippen LogP contribution is -2.08. The Kier molecular flexibility index (Phi) is 3.88. The smallest absolute Gasteiger partial charge is 0.0213 e. The number of hydrogen-bond donors (Lipinski definition) is 0. The van der Waals surface area contributed by atoms with Gasteiger partial charge in [0.1, 0.15) is 0 Å². The standard InChI is InChI=1S/C19H17Br/c1-14-7-5-6-10-17(14)18-13-16(11-12-19(18)20)15-8-3-2-4-9-15/h2-14,17H,1H3. The van der Waals surface area contributed by atoms with Crippen LogP contribution in [0.15, 0.2) is 77.3 Å². The van der Waals surface area contributed by atoms with Gasteiger partial charge in [-0.25, -0.2) is 0 Å². The molecule has 20 heavy (non-hydrogen) atoms. The molecule has 100 valence electrons. The highest BCUT2D eigenvalue weighted by atomic mass is 79.9. The van der Waals surface area contributed by atoms with Crippen LogP contribution >= 0.6 is 15.9 Å². The quantitative estimate of drug-likeness (QED) is 0.639. The fourth-order valence-electron chi connectivity index (χ4n) is 2.71. The zero-order chi connectivity index (χ0) is 13.9. The summed E-state index contributed by atoms with van der Waals surface area (Å²) in [5.41, 5.74) is 3.91. The Balaban J connectivity index is 2.04. The van der Waals surface area contributed by atoms with Gasteiger partial charge >= 0.3 is 0 Å². The Labute approximate surface area is 129 Å². The number of halogens is 1. The van der Waals surface area contributed by atoms with Gasteiger partial charge in [-0.3, -0.25) is 0 Å². The maximum atomic E-state index is 3.71. The minimum absolute atomic E-state index is 0.443. The van der Waals surface area contributed by atoms with Crippen molar-refractivity contribution in [2.24, 2.45) is 5.92 Å². The zero-order valence-electron chi connectivity index (χ0n) is 11.5. The van der Waals surface area contributed by atoms with Crippen LogP contribution in [0.1, 0.15) is 18.4 Å². The molecular formula is C19H17Br. The molecular weight excluding hydrogens is 308 g/mol.